The van der Waals surface area contributed by atoms with E-state index in [1.807, 2.05) is 18.2 Å². The van der Waals surface area contributed by atoms with Crippen molar-refractivity contribution < 1.29 is 19.4 Å². The number of nitrogens with two attached hydrogens (primary N) is 1. The zero-order chi connectivity index (χ0) is 18.4. The number of carbonyl (C=O) groups is 2. The Morgan fingerprint density at radius 2 is 1.84 bits per heavy atom. The highest BCUT2D eigenvalue weighted by Crippen LogP contribution is 2.26. The minimum Gasteiger partial charge on any atom is -0.465 e. The minimum absolute atomic E-state index is 0.178. The van der Waals surface area contributed by atoms with Crippen molar-refractivity contribution >= 4 is 17.7 Å². The van der Waals surface area contributed by atoms with Crippen molar-refractivity contribution in [1.29, 1.82) is 0 Å². The molecule has 0 aliphatic heterocycles. The van der Waals surface area contributed by atoms with Crippen LogP contribution >= 0.6 is 0 Å². The van der Waals surface area contributed by atoms with Crippen molar-refractivity contribution in [1.82, 2.24) is 0 Å². The maximum atomic E-state index is 12.7. The molecule has 2 aromatic rings. The Kier molecular flexibility index (Phi) is 5.77. The average molecular weight is 342 g/mol. The van der Waals surface area contributed by atoms with Crippen LogP contribution in [0.4, 0.5) is 10.5 Å². The number of rotatable bonds is 6. The lowest BCUT2D eigenvalue weighted by Gasteiger charge is -2.29. The van der Waals surface area contributed by atoms with Gasteiger partial charge in [0, 0.05) is 12.1 Å². The molecule has 4 N–H and O–H groups in total. The Labute approximate surface area is 146 Å². The van der Waals surface area contributed by atoms with Crippen molar-refractivity contribution in [3.8, 4) is 0 Å². The molecule has 0 saturated heterocycles. The van der Waals surface area contributed by atoms with Gasteiger partial charge in [0.05, 0.1) is 6.10 Å². The molecular formula is C19H22N2O4. The number of ether oxygens (including phenoxy) is 1. The summed E-state index contributed by atoms with van der Waals surface area (Å²) in [6.45, 7) is 3.53. The summed E-state index contributed by atoms with van der Waals surface area (Å²) in [6.07, 6.45) is -1.27. The number of hydrogen-bond acceptors (Lipinski definition) is 4. The molecule has 25 heavy (non-hydrogen) atoms. The fourth-order valence-electron chi connectivity index (χ4n) is 2.55. The van der Waals surface area contributed by atoms with Gasteiger partial charge in [-0.25, -0.2) is 9.59 Å². The van der Waals surface area contributed by atoms with Crippen molar-refractivity contribution in [3.63, 3.8) is 0 Å². The van der Waals surface area contributed by atoms with E-state index in [-0.39, 0.29) is 12.5 Å². The van der Waals surface area contributed by atoms with Crippen LogP contribution in [0.25, 0.3) is 0 Å². The van der Waals surface area contributed by atoms with E-state index in [1.54, 1.807) is 50.2 Å². The molecule has 2 rings (SSSR count). The van der Waals surface area contributed by atoms with Crippen molar-refractivity contribution in [2.24, 2.45) is 5.73 Å². The second-order valence-electron chi connectivity index (χ2n) is 6.10. The Balaban J connectivity index is 2.37. The number of anilines is 1. The van der Waals surface area contributed by atoms with Crippen LogP contribution in [0, 0.1) is 0 Å². The zero-order valence-electron chi connectivity index (χ0n) is 14.2. The van der Waals surface area contributed by atoms with Crippen LogP contribution < -0.4 is 11.1 Å². The van der Waals surface area contributed by atoms with Gasteiger partial charge < -0.3 is 15.6 Å². The average Bonchev–Trinajstić information content (AvgIpc) is 2.54. The maximum Gasteiger partial charge on any atom is 0.409 e. The Bertz CT molecular complexity index is 746. The first-order valence-corrected chi connectivity index (χ1v) is 7.95. The molecule has 6 nitrogen and oxygen atoms in total. The molecule has 1 unspecified atom stereocenters. The molecule has 1 atom stereocenters. The number of amides is 1. The van der Waals surface area contributed by atoms with Gasteiger partial charge >= 0.3 is 12.1 Å². The first-order valence-electron chi connectivity index (χ1n) is 7.95. The molecule has 0 radical (unpaired) electrons. The Morgan fingerprint density at radius 3 is 2.44 bits per heavy atom. The number of hydrogen-bond donors (Lipinski definition) is 3. The third kappa shape index (κ3) is 4.81. The van der Waals surface area contributed by atoms with Gasteiger partial charge in [0.25, 0.3) is 0 Å². The summed E-state index contributed by atoms with van der Waals surface area (Å²) in [7, 11) is 0. The van der Waals surface area contributed by atoms with E-state index in [0.29, 0.717) is 11.3 Å². The summed E-state index contributed by atoms with van der Waals surface area (Å²) in [5.74, 6) is -0.523. The summed E-state index contributed by atoms with van der Waals surface area (Å²) < 4.78 is 5.36. The maximum absolute atomic E-state index is 12.7. The van der Waals surface area contributed by atoms with E-state index in [0.717, 1.165) is 5.56 Å². The molecular weight excluding hydrogens is 320 g/mol. The lowest BCUT2D eigenvalue weighted by atomic mass is 9.84. The number of carboxylic acid groups (broad SMARTS) is 1. The van der Waals surface area contributed by atoms with Gasteiger partial charge in [0.1, 0.15) is 5.54 Å². The van der Waals surface area contributed by atoms with E-state index in [1.165, 1.54) is 0 Å². The van der Waals surface area contributed by atoms with Crippen molar-refractivity contribution in [2.75, 3.05) is 5.32 Å². The smallest absolute Gasteiger partial charge is 0.409 e. The molecule has 0 spiro atoms. The highest BCUT2D eigenvalue weighted by molar-refractivity contribution is 5.84. The Morgan fingerprint density at radius 1 is 1.16 bits per heavy atom. The molecule has 1 amide bonds. The van der Waals surface area contributed by atoms with Gasteiger partial charge in [-0.2, -0.15) is 0 Å². The predicted molar refractivity (Wildman–Crippen MR) is 95.3 cm³/mol. The van der Waals surface area contributed by atoms with Crippen LogP contribution in [0.2, 0.25) is 0 Å². The second kappa shape index (κ2) is 7.81. The van der Waals surface area contributed by atoms with Crippen molar-refractivity contribution in [3.05, 3.63) is 65.7 Å². The summed E-state index contributed by atoms with van der Waals surface area (Å²) >= 11 is 0. The van der Waals surface area contributed by atoms with Gasteiger partial charge in [-0.05, 0) is 37.1 Å². The first-order chi connectivity index (χ1) is 11.8. The second-order valence-corrected chi connectivity index (χ2v) is 6.10. The van der Waals surface area contributed by atoms with E-state index in [2.05, 4.69) is 5.32 Å². The highest BCUT2D eigenvalue weighted by atomic mass is 16.5. The van der Waals surface area contributed by atoms with E-state index < -0.39 is 17.6 Å². The van der Waals surface area contributed by atoms with Crippen LogP contribution in [-0.4, -0.2) is 23.3 Å². The summed E-state index contributed by atoms with van der Waals surface area (Å²) in [5.41, 5.74) is 6.89. The quantitative estimate of drug-likeness (QED) is 0.700. The van der Waals surface area contributed by atoms with Gasteiger partial charge in [-0.15, -0.1) is 0 Å². The van der Waals surface area contributed by atoms with Crippen LogP contribution in [0.3, 0.4) is 0 Å². The largest absolute Gasteiger partial charge is 0.465 e. The molecule has 0 bridgehead atoms. The predicted octanol–water partition coefficient (Wildman–Crippen LogP) is 3.12. The lowest BCUT2D eigenvalue weighted by Crippen LogP contribution is -2.48. The highest BCUT2D eigenvalue weighted by Gasteiger charge is 2.38. The molecule has 0 aliphatic rings. The fourth-order valence-corrected chi connectivity index (χ4v) is 2.55. The van der Waals surface area contributed by atoms with Gasteiger partial charge in [-0.3, -0.25) is 5.32 Å². The summed E-state index contributed by atoms with van der Waals surface area (Å²) in [4.78, 5) is 23.5. The fraction of sp³-hybridized carbons (Fsp3) is 0.263. The molecule has 0 fully saturated rings. The normalized spacial score (nSPS) is 13.1. The van der Waals surface area contributed by atoms with E-state index >= 15 is 0 Å². The van der Waals surface area contributed by atoms with Gasteiger partial charge in [0.2, 0.25) is 0 Å². The summed E-state index contributed by atoms with van der Waals surface area (Å²) in [5, 5.41) is 11.1. The minimum atomic E-state index is -1.37. The molecule has 0 aliphatic carbocycles. The van der Waals surface area contributed by atoms with Crippen LogP contribution in [-0.2, 0) is 21.5 Å². The third-order valence-electron chi connectivity index (χ3n) is 3.66. The third-order valence-corrected chi connectivity index (χ3v) is 3.66. The molecule has 6 heteroatoms. The monoisotopic (exact) mass is 342 g/mol. The topological polar surface area (TPSA) is 102 Å². The Hall–Kier alpha value is -2.86. The molecule has 0 heterocycles. The molecule has 132 valence electrons. The standard InChI is InChI=1S/C19H22N2O4/c1-13(2)25-17(22)19(20,15-8-4-3-5-9-15)12-14-7-6-10-16(11-14)21-18(23)24/h3-11,13,21H,12,20H2,1-2H3,(H,23,24). The number of benzene rings is 2. The molecule has 0 saturated carbocycles. The van der Waals surface area contributed by atoms with E-state index in [9.17, 15) is 9.59 Å². The SMILES string of the molecule is CC(C)OC(=O)C(N)(Cc1cccc(NC(=O)O)c1)c1ccccc1. The lowest BCUT2D eigenvalue weighted by molar-refractivity contribution is -0.154. The van der Waals surface area contributed by atoms with Crippen molar-refractivity contribution in [2.45, 2.75) is 31.9 Å². The van der Waals surface area contributed by atoms with Gasteiger partial charge in [0.15, 0.2) is 0 Å². The van der Waals surface area contributed by atoms with Crippen LogP contribution in [0.15, 0.2) is 54.6 Å². The van der Waals surface area contributed by atoms with Crippen LogP contribution in [0.5, 0.6) is 0 Å². The first kappa shape index (κ1) is 18.5. The number of nitrogens with one attached hydrogen (secondary N) is 1. The van der Waals surface area contributed by atoms with Crippen LogP contribution in [0.1, 0.15) is 25.0 Å². The zero-order valence-corrected chi connectivity index (χ0v) is 14.2. The number of carbonyl (C=O) groups excluding carboxylic acids is 1. The number of esters is 1. The van der Waals surface area contributed by atoms with Gasteiger partial charge in [-0.1, -0.05) is 42.5 Å². The molecule has 2 aromatic carbocycles. The van der Waals surface area contributed by atoms with E-state index in [4.69, 9.17) is 15.6 Å². The summed E-state index contributed by atoms with van der Waals surface area (Å²) in [6, 6.07) is 15.8. The molecule has 0 aromatic heterocycles.